The number of benzene rings is 1. The van der Waals surface area contributed by atoms with Crippen LogP contribution in [-0.4, -0.2) is 37.3 Å². The summed E-state index contributed by atoms with van der Waals surface area (Å²) >= 11 is 0. The molecule has 0 radical (unpaired) electrons. The van der Waals surface area contributed by atoms with Crippen molar-refractivity contribution >= 4 is 0 Å². The van der Waals surface area contributed by atoms with Crippen molar-refractivity contribution in [1.29, 1.82) is 5.26 Å². The lowest BCUT2D eigenvalue weighted by Gasteiger charge is -2.33. The van der Waals surface area contributed by atoms with Crippen molar-refractivity contribution in [3.05, 3.63) is 29.8 Å². The number of alkyl halides is 3. The Balaban J connectivity index is 1.76. The van der Waals surface area contributed by atoms with Gasteiger partial charge in [0.2, 0.25) is 0 Å². The Morgan fingerprint density at radius 1 is 1.29 bits per heavy atom. The summed E-state index contributed by atoms with van der Waals surface area (Å²) in [5.41, 5.74) is 0.548. The average Bonchev–Trinajstić information content (AvgIpc) is 2.47. The molecular formula is C15H17F3N2O. The highest BCUT2D eigenvalue weighted by Gasteiger charge is 2.41. The van der Waals surface area contributed by atoms with Gasteiger partial charge in [0.1, 0.15) is 12.4 Å². The summed E-state index contributed by atoms with van der Waals surface area (Å²) in [6.45, 7) is 1.56. The molecule has 3 nitrogen and oxygen atoms in total. The lowest BCUT2D eigenvalue weighted by Crippen LogP contribution is -2.43. The van der Waals surface area contributed by atoms with Gasteiger partial charge < -0.3 is 4.74 Å². The average molecular weight is 298 g/mol. The lowest BCUT2D eigenvalue weighted by molar-refractivity contribution is -0.186. The van der Waals surface area contributed by atoms with Crippen molar-refractivity contribution in [2.24, 2.45) is 5.92 Å². The fourth-order valence-corrected chi connectivity index (χ4v) is 2.44. The molecule has 1 fully saturated rings. The highest BCUT2D eigenvalue weighted by Crippen LogP contribution is 2.32. The zero-order valence-electron chi connectivity index (χ0n) is 11.6. The molecule has 0 unspecified atom stereocenters. The van der Waals surface area contributed by atoms with Gasteiger partial charge in [-0.05, 0) is 43.7 Å². The number of hydrogen-bond donors (Lipinski definition) is 0. The maximum absolute atomic E-state index is 12.7. The van der Waals surface area contributed by atoms with E-state index < -0.39 is 12.1 Å². The van der Waals surface area contributed by atoms with Gasteiger partial charge in [0.15, 0.2) is 0 Å². The number of nitrogens with zero attached hydrogens (tertiary/aromatic N) is 2. The quantitative estimate of drug-likeness (QED) is 0.856. The van der Waals surface area contributed by atoms with E-state index in [2.05, 4.69) is 0 Å². The van der Waals surface area contributed by atoms with Crippen molar-refractivity contribution in [2.75, 3.05) is 26.2 Å². The van der Waals surface area contributed by atoms with Crippen LogP contribution in [0.25, 0.3) is 0 Å². The summed E-state index contributed by atoms with van der Waals surface area (Å²) in [6, 6.07) is 8.68. The molecule has 21 heavy (non-hydrogen) atoms. The summed E-state index contributed by atoms with van der Waals surface area (Å²) in [5, 5.41) is 8.68. The first-order valence-electron chi connectivity index (χ1n) is 6.91. The van der Waals surface area contributed by atoms with E-state index in [4.69, 9.17) is 10.00 Å². The van der Waals surface area contributed by atoms with E-state index in [9.17, 15) is 13.2 Å². The fourth-order valence-electron chi connectivity index (χ4n) is 2.44. The maximum Gasteiger partial charge on any atom is 0.393 e. The standard InChI is InChI=1S/C15H17F3N2O/c16-15(17,18)13-2-1-7-20(11-13)8-9-21-14-5-3-12(10-19)4-6-14/h3-6,13H,1-2,7-9,11H2/t13-/m0/s1. The Morgan fingerprint density at radius 2 is 2.00 bits per heavy atom. The molecule has 2 rings (SSSR count). The number of likely N-dealkylation sites (tertiary alicyclic amines) is 1. The Kier molecular flexibility index (Phi) is 5.07. The molecular weight excluding hydrogens is 281 g/mol. The Bertz CT molecular complexity index is 493. The van der Waals surface area contributed by atoms with Crippen LogP contribution in [0.2, 0.25) is 0 Å². The molecule has 0 spiro atoms. The smallest absolute Gasteiger partial charge is 0.393 e. The number of halogens is 3. The molecule has 1 atom stereocenters. The van der Waals surface area contributed by atoms with E-state index in [0.29, 0.717) is 37.4 Å². The number of piperidine rings is 1. The van der Waals surface area contributed by atoms with Crippen LogP contribution in [0.3, 0.4) is 0 Å². The summed E-state index contributed by atoms with van der Waals surface area (Å²) in [4.78, 5) is 1.80. The molecule has 0 N–H and O–H groups in total. The van der Waals surface area contributed by atoms with Gasteiger partial charge in [0.25, 0.3) is 0 Å². The lowest BCUT2D eigenvalue weighted by atomic mass is 9.98. The van der Waals surface area contributed by atoms with Gasteiger partial charge in [-0.1, -0.05) is 0 Å². The second-order valence-electron chi connectivity index (χ2n) is 5.17. The first-order chi connectivity index (χ1) is 9.99. The van der Waals surface area contributed by atoms with Gasteiger partial charge in [-0.15, -0.1) is 0 Å². The SMILES string of the molecule is N#Cc1ccc(OCCN2CCC[C@H](C(F)(F)F)C2)cc1. The normalized spacial score (nSPS) is 20.0. The van der Waals surface area contributed by atoms with Crippen LogP contribution < -0.4 is 4.74 Å². The Morgan fingerprint density at radius 3 is 2.62 bits per heavy atom. The van der Waals surface area contributed by atoms with Crippen molar-refractivity contribution in [3.8, 4) is 11.8 Å². The zero-order chi connectivity index (χ0) is 15.3. The van der Waals surface area contributed by atoms with E-state index in [1.54, 1.807) is 29.2 Å². The molecule has 0 aliphatic carbocycles. The minimum atomic E-state index is -4.10. The predicted molar refractivity (Wildman–Crippen MR) is 71.9 cm³/mol. The molecule has 0 bridgehead atoms. The third kappa shape index (κ3) is 4.64. The van der Waals surface area contributed by atoms with Gasteiger partial charge in [0.05, 0.1) is 17.6 Å². The summed E-state index contributed by atoms with van der Waals surface area (Å²) in [6.07, 6.45) is -3.32. The van der Waals surface area contributed by atoms with E-state index in [1.807, 2.05) is 6.07 Å². The largest absolute Gasteiger partial charge is 0.492 e. The van der Waals surface area contributed by atoms with Crippen molar-refractivity contribution in [2.45, 2.75) is 19.0 Å². The second kappa shape index (κ2) is 6.81. The minimum Gasteiger partial charge on any atom is -0.492 e. The molecule has 1 saturated heterocycles. The van der Waals surface area contributed by atoms with Crippen LogP contribution in [0.4, 0.5) is 13.2 Å². The van der Waals surface area contributed by atoms with Crippen LogP contribution in [0.15, 0.2) is 24.3 Å². The molecule has 1 heterocycles. The van der Waals surface area contributed by atoms with Crippen LogP contribution in [0, 0.1) is 17.2 Å². The van der Waals surface area contributed by atoms with E-state index >= 15 is 0 Å². The first-order valence-corrected chi connectivity index (χ1v) is 6.91. The summed E-state index contributed by atoms with van der Waals surface area (Å²) in [5.74, 6) is -0.598. The highest BCUT2D eigenvalue weighted by atomic mass is 19.4. The Labute approximate surface area is 121 Å². The molecule has 1 aliphatic rings. The van der Waals surface area contributed by atoms with Gasteiger partial charge in [-0.25, -0.2) is 0 Å². The van der Waals surface area contributed by atoms with Crippen LogP contribution in [0.5, 0.6) is 5.75 Å². The fraction of sp³-hybridized carbons (Fsp3) is 0.533. The molecule has 1 aromatic carbocycles. The van der Waals surface area contributed by atoms with Gasteiger partial charge in [-0.3, -0.25) is 4.90 Å². The molecule has 1 aliphatic heterocycles. The Hall–Kier alpha value is -1.74. The van der Waals surface area contributed by atoms with Crippen LogP contribution in [0.1, 0.15) is 18.4 Å². The van der Waals surface area contributed by atoms with Gasteiger partial charge in [0, 0.05) is 13.1 Å². The number of nitriles is 1. The molecule has 0 aromatic heterocycles. The number of ether oxygens (including phenoxy) is 1. The molecule has 0 saturated carbocycles. The maximum atomic E-state index is 12.7. The molecule has 114 valence electrons. The third-order valence-electron chi connectivity index (χ3n) is 3.63. The minimum absolute atomic E-state index is 0.0558. The zero-order valence-corrected chi connectivity index (χ0v) is 11.6. The number of hydrogen-bond acceptors (Lipinski definition) is 3. The van der Waals surface area contributed by atoms with Crippen LogP contribution in [-0.2, 0) is 0 Å². The van der Waals surface area contributed by atoms with Gasteiger partial charge in [-0.2, -0.15) is 18.4 Å². The second-order valence-corrected chi connectivity index (χ2v) is 5.17. The molecule has 0 amide bonds. The van der Waals surface area contributed by atoms with Crippen molar-refractivity contribution in [3.63, 3.8) is 0 Å². The highest BCUT2D eigenvalue weighted by molar-refractivity contribution is 5.34. The predicted octanol–water partition coefficient (Wildman–Crippen LogP) is 3.21. The topological polar surface area (TPSA) is 36.3 Å². The molecule has 6 heteroatoms. The van der Waals surface area contributed by atoms with Gasteiger partial charge >= 0.3 is 6.18 Å². The first kappa shape index (κ1) is 15.6. The van der Waals surface area contributed by atoms with E-state index in [1.165, 1.54) is 0 Å². The van der Waals surface area contributed by atoms with Crippen molar-refractivity contribution in [1.82, 2.24) is 4.90 Å². The van der Waals surface area contributed by atoms with E-state index in [0.717, 1.165) is 0 Å². The number of rotatable bonds is 4. The third-order valence-corrected chi connectivity index (χ3v) is 3.63. The van der Waals surface area contributed by atoms with Crippen molar-refractivity contribution < 1.29 is 17.9 Å². The summed E-state index contributed by atoms with van der Waals surface area (Å²) in [7, 11) is 0. The molecule has 1 aromatic rings. The summed E-state index contributed by atoms with van der Waals surface area (Å²) < 4.78 is 43.6. The van der Waals surface area contributed by atoms with Crippen LogP contribution >= 0.6 is 0 Å². The van der Waals surface area contributed by atoms with E-state index in [-0.39, 0.29) is 13.0 Å². The monoisotopic (exact) mass is 298 g/mol.